The number of alkyl halides is 3. The molecule has 88 valence electrons. The summed E-state index contributed by atoms with van der Waals surface area (Å²) in [4.78, 5) is 0. The number of nitrogens with two attached hydrogens (primary N) is 1. The summed E-state index contributed by atoms with van der Waals surface area (Å²) in [5.41, 5.74) is 5.41. The van der Waals surface area contributed by atoms with E-state index in [1.807, 2.05) is 0 Å². The van der Waals surface area contributed by atoms with Crippen molar-refractivity contribution in [1.29, 1.82) is 0 Å². The van der Waals surface area contributed by atoms with E-state index in [4.69, 9.17) is 10.5 Å². The van der Waals surface area contributed by atoms with Crippen molar-refractivity contribution in [2.45, 2.75) is 18.5 Å². The zero-order valence-corrected chi connectivity index (χ0v) is 8.55. The van der Waals surface area contributed by atoms with E-state index in [0.29, 0.717) is 30.9 Å². The fourth-order valence-corrected chi connectivity index (χ4v) is 1.90. The van der Waals surface area contributed by atoms with Crippen molar-refractivity contribution in [3.8, 4) is 5.75 Å². The van der Waals surface area contributed by atoms with E-state index >= 15 is 0 Å². The number of halogens is 3. The third kappa shape index (κ3) is 2.00. The molecule has 1 unspecified atom stereocenters. The highest BCUT2D eigenvalue weighted by Crippen LogP contribution is 2.39. The molecule has 2 rings (SSSR count). The molecule has 2 N–H and O–H groups in total. The molecule has 2 nitrogen and oxygen atoms in total. The summed E-state index contributed by atoms with van der Waals surface area (Å²) in [5.74, 6) is 0.536. The normalized spacial score (nSPS) is 19.4. The van der Waals surface area contributed by atoms with Crippen LogP contribution in [-0.4, -0.2) is 13.2 Å². The minimum Gasteiger partial charge on any atom is -0.493 e. The molecule has 1 atom stereocenters. The Labute approximate surface area is 91.2 Å². The molecule has 16 heavy (non-hydrogen) atoms. The Bertz CT molecular complexity index is 387. The number of fused-ring (bicyclic) bond motifs is 1. The Kier molecular flexibility index (Phi) is 2.80. The van der Waals surface area contributed by atoms with E-state index in [0.717, 1.165) is 6.07 Å². The molecule has 5 heteroatoms. The van der Waals surface area contributed by atoms with E-state index < -0.39 is 11.7 Å². The lowest BCUT2D eigenvalue weighted by Gasteiger charge is -2.10. The lowest BCUT2D eigenvalue weighted by atomic mass is 9.96. The second-order valence-corrected chi connectivity index (χ2v) is 3.84. The van der Waals surface area contributed by atoms with Gasteiger partial charge in [0, 0.05) is 11.5 Å². The topological polar surface area (TPSA) is 35.2 Å². The average Bonchev–Trinajstić information content (AvgIpc) is 2.60. The molecule has 1 aromatic carbocycles. The van der Waals surface area contributed by atoms with Crippen molar-refractivity contribution >= 4 is 0 Å². The molecule has 0 saturated carbocycles. The van der Waals surface area contributed by atoms with Gasteiger partial charge in [-0.2, -0.15) is 13.2 Å². The lowest BCUT2D eigenvalue weighted by molar-refractivity contribution is -0.137. The quantitative estimate of drug-likeness (QED) is 0.848. The summed E-state index contributed by atoms with van der Waals surface area (Å²) in [6.07, 6.45) is -3.65. The number of hydrogen-bond acceptors (Lipinski definition) is 2. The smallest absolute Gasteiger partial charge is 0.416 e. The standard InChI is InChI=1S/C11H12F3NO/c12-11(13,14)8-1-2-10-9(5-8)7(3-4-15)6-16-10/h1-2,5,7H,3-4,6,15H2. The van der Waals surface area contributed by atoms with Crippen LogP contribution in [0.3, 0.4) is 0 Å². The maximum Gasteiger partial charge on any atom is 0.416 e. The molecule has 0 spiro atoms. The maximum absolute atomic E-state index is 12.5. The van der Waals surface area contributed by atoms with Gasteiger partial charge in [0.1, 0.15) is 5.75 Å². The van der Waals surface area contributed by atoms with Gasteiger partial charge in [-0.3, -0.25) is 0 Å². The van der Waals surface area contributed by atoms with Crippen LogP contribution in [0.1, 0.15) is 23.5 Å². The highest BCUT2D eigenvalue weighted by atomic mass is 19.4. The van der Waals surface area contributed by atoms with Crippen molar-refractivity contribution in [2.75, 3.05) is 13.2 Å². The van der Waals surface area contributed by atoms with Gasteiger partial charge in [0.15, 0.2) is 0 Å². The molecule has 0 aromatic heterocycles. The fourth-order valence-electron chi connectivity index (χ4n) is 1.90. The minimum atomic E-state index is -4.30. The molecule has 1 aliphatic rings. The van der Waals surface area contributed by atoms with Gasteiger partial charge in [0.05, 0.1) is 12.2 Å². The molecule has 1 aliphatic heterocycles. The van der Waals surface area contributed by atoms with Crippen LogP contribution in [0.25, 0.3) is 0 Å². The van der Waals surface area contributed by atoms with E-state index in [2.05, 4.69) is 0 Å². The Hall–Kier alpha value is -1.23. The van der Waals surface area contributed by atoms with Crippen LogP contribution in [0.5, 0.6) is 5.75 Å². The summed E-state index contributed by atoms with van der Waals surface area (Å²) in [6.45, 7) is 0.873. The molecular weight excluding hydrogens is 219 g/mol. The van der Waals surface area contributed by atoms with Gasteiger partial charge in [0.2, 0.25) is 0 Å². The second kappa shape index (κ2) is 3.97. The van der Waals surface area contributed by atoms with Crippen LogP contribution in [0.2, 0.25) is 0 Å². The largest absolute Gasteiger partial charge is 0.493 e. The first-order chi connectivity index (χ1) is 7.52. The minimum absolute atomic E-state index is 0.0118. The zero-order chi connectivity index (χ0) is 11.8. The van der Waals surface area contributed by atoms with Crippen molar-refractivity contribution in [3.63, 3.8) is 0 Å². The zero-order valence-electron chi connectivity index (χ0n) is 8.55. The molecule has 0 amide bonds. The average molecular weight is 231 g/mol. The molecule has 0 bridgehead atoms. The number of ether oxygens (including phenoxy) is 1. The van der Waals surface area contributed by atoms with Gasteiger partial charge in [0.25, 0.3) is 0 Å². The van der Waals surface area contributed by atoms with Crippen LogP contribution in [0.4, 0.5) is 13.2 Å². The lowest BCUT2D eigenvalue weighted by Crippen LogP contribution is -2.09. The Morgan fingerprint density at radius 2 is 2.12 bits per heavy atom. The fraction of sp³-hybridized carbons (Fsp3) is 0.455. The van der Waals surface area contributed by atoms with Gasteiger partial charge < -0.3 is 10.5 Å². The van der Waals surface area contributed by atoms with Crippen LogP contribution >= 0.6 is 0 Å². The van der Waals surface area contributed by atoms with E-state index in [-0.39, 0.29) is 5.92 Å². The monoisotopic (exact) mass is 231 g/mol. The highest BCUT2D eigenvalue weighted by molar-refractivity contribution is 5.43. The van der Waals surface area contributed by atoms with Gasteiger partial charge in [-0.05, 0) is 31.2 Å². The van der Waals surface area contributed by atoms with Crippen molar-refractivity contribution in [2.24, 2.45) is 5.73 Å². The summed E-state index contributed by atoms with van der Waals surface area (Å²) >= 11 is 0. The maximum atomic E-state index is 12.5. The van der Waals surface area contributed by atoms with Crippen LogP contribution in [-0.2, 0) is 6.18 Å². The summed E-state index contributed by atoms with van der Waals surface area (Å²) < 4.78 is 42.8. The van der Waals surface area contributed by atoms with Crippen LogP contribution in [0, 0.1) is 0 Å². The van der Waals surface area contributed by atoms with E-state index in [1.54, 1.807) is 0 Å². The van der Waals surface area contributed by atoms with E-state index in [1.165, 1.54) is 12.1 Å². The SMILES string of the molecule is NCCC1COc2ccc(C(F)(F)F)cc21. The second-order valence-electron chi connectivity index (χ2n) is 3.84. The number of rotatable bonds is 2. The highest BCUT2D eigenvalue weighted by Gasteiger charge is 2.33. The predicted molar refractivity (Wildman–Crippen MR) is 53.4 cm³/mol. The van der Waals surface area contributed by atoms with Gasteiger partial charge >= 0.3 is 6.18 Å². The Morgan fingerprint density at radius 3 is 2.75 bits per heavy atom. The van der Waals surface area contributed by atoms with Crippen molar-refractivity contribution in [3.05, 3.63) is 29.3 Å². The summed E-state index contributed by atoms with van der Waals surface area (Å²) in [7, 11) is 0. The Balaban J connectivity index is 2.34. The molecule has 0 saturated heterocycles. The molecule has 1 aromatic rings. The van der Waals surface area contributed by atoms with Gasteiger partial charge in [-0.15, -0.1) is 0 Å². The predicted octanol–water partition coefficient (Wildman–Crippen LogP) is 2.53. The van der Waals surface area contributed by atoms with Crippen molar-refractivity contribution in [1.82, 2.24) is 0 Å². The van der Waals surface area contributed by atoms with Crippen molar-refractivity contribution < 1.29 is 17.9 Å². The van der Waals surface area contributed by atoms with E-state index in [9.17, 15) is 13.2 Å². The molecule has 1 heterocycles. The van der Waals surface area contributed by atoms with Gasteiger partial charge in [-0.1, -0.05) is 0 Å². The first kappa shape index (κ1) is 11.3. The molecule has 0 aliphatic carbocycles. The molecule has 0 fully saturated rings. The molecule has 0 radical (unpaired) electrons. The first-order valence-corrected chi connectivity index (χ1v) is 5.06. The first-order valence-electron chi connectivity index (χ1n) is 5.06. The third-order valence-electron chi connectivity index (χ3n) is 2.73. The molecular formula is C11H12F3NO. The number of hydrogen-bond donors (Lipinski definition) is 1. The number of benzene rings is 1. The van der Waals surface area contributed by atoms with Gasteiger partial charge in [-0.25, -0.2) is 0 Å². The third-order valence-corrected chi connectivity index (χ3v) is 2.73. The Morgan fingerprint density at radius 1 is 1.38 bits per heavy atom. The van der Waals surface area contributed by atoms with Crippen LogP contribution < -0.4 is 10.5 Å². The van der Waals surface area contributed by atoms with Crippen LogP contribution in [0.15, 0.2) is 18.2 Å². The summed E-state index contributed by atoms with van der Waals surface area (Å²) in [6, 6.07) is 3.60. The summed E-state index contributed by atoms with van der Waals surface area (Å²) in [5, 5.41) is 0.